The molecule has 1 unspecified atom stereocenters. The van der Waals surface area contributed by atoms with E-state index in [4.69, 9.17) is 11.6 Å². The highest BCUT2D eigenvalue weighted by atomic mass is 35.5. The molecule has 1 fully saturated rings. The molecule has 1 aromatic rings. The van der Waals surface area contributed by atoms with E-state index in [1.807, 2.05) is 23.9 Å². The first kappa shape index (κ1) is 12.7. The molecule has 0 spiro atoms. The Morgan fingerprint density at radius 2 is 2.19 bits per heavy atom. The van der Waals surface area contributed by atoms with Gasteiger partial charge in [-0.2, -0.15) is 11.8 Å². The number of hydrogen-bond acceptors (Lipinski definition) is 3. The summed E-state index contributed by atoms with van der Waals surface area (Å²) in [6.07, 6.45) is 1.80. The van der Waals surface area contributed by atoms with Crippen LogP contribution in [0, 0.1) is 5.41 Å². The van der Waals surface area contributed by atoms with Gasteiger partial charge in [-0.3, -0.25) is 0 Å². The molecule has 90 valence electrons. The third-order valence-corrected chi connectivity index (χ3v) is 5.97. The summed E-state index contributed by atoms with van der Waals surface area (Å²) in [6.45, 7) is 4.34. The van der Waals surface area contributed by atoms with Crippen molar-refractivity contribution in [2.24, 2.45) is 5.41 Å². The molecule has 1 N–H and O–H groups in total. The van der Waals surface area contributed by atoms with Gasteiger partial charge in [0.1, 0.15) is 0 Å². The summed E-state index contributed by atoms with van der Waals surface area (Å²) in [7, 11) is 0. The molecule has 1 aromatic heterocycles. The lowest BCUT2D eigenvalue weighted by Gasteiger charge is -2.46. The highest BCUT2D eigenvalue weighted by molar-refractivity contribution is 7.99. The average Bonchev–Trinajstić information content (AvgIpc) is 2.57. The molecule has 1 aliphatic rings. The van der Waals surface area contributed by atoms with Crippen LogP contribution in [0.3, 0.4) is 0 Å². The van der Waals surface area contributed by atoms with Gasteiger partial charge >= 0.3 is 0 Å². The van der Waals surface area contributed by atoms with Crippen LogP contribution in [-0.4, -0.2) is 22.2 Å². The van der Waals surface area contributed by atoms with Crippen molar-refractivity contribution in [2.75, 3.05) is 11.5 Å². The first-order valence-corrected chi connectivity index (χ1v) is 7.82. The van der Waals surface area contributed by atoms with Crippen molar-refractivity contribution < 1.29 is 5.11 Å². The average molecular weight is 277 g/mol. The standard InChI is InChI=1S/C12H17ClOS2/c1-11(2)5-6-15-8-12(11,14)7-9-3-4-10(13)16-9/h3-4,14H,5-8H2,1-2H3. The number of halogens is 1. The summed E-state index contributed by atoms with van der Waals surface area (Å²) in [5, 5.41) is 10.8. The fourth-order valence-electron chi connectivity index (χ4n) is 2.02. The van der Waals surface area contributed by atoms with Crippen LogP contribution < -0.4 is 0 Å². The maximum absolute atomic E-state index is 10.8. The molecule has 0 saturated carbocycles. The smallest absolute Gasteiger partial charge is 0.0931 e. The van der Waals surface area contributed by atoms with Gasteiger partial charge < -0.3 is 5.11 Å². The second kappa shape index (κ2) is 4.52. The second-order valence-corrected chi connectivity index (χ2v) is 8.01. The lowest BCUT2D eigenvalue weighted by atomic mass is 9.71. The zero-order valence-electron chi connectivity index (χ0n) is 9.62. The number of thiophene rings is 1. The van der Waals surface area contributed by atoms with Crippen LogP contribution in [0.5, 0.6) is 0 Å². The maximum atomic E-state index is 10.8. The number of aliphatic hydroxyl groups is 1. The first-order valence-electron chi connectivity index (χ1n) is 5.47. The maximum Gasteiger partial charge on any atom is 0.0931 e. The van der Waals surface area contributed by atoms with E-state index in [1.54, 1.807) is 11.3 Å². The van der Waals surface area contributed by atoms with Crippen molar-refractivity contribution >= 4 is 34.7 Å². The van der Waals surface area contributed by atoms with Crippen molar-refractivity contribution in [1.29, 1.82) is 0 Å². The Labute approximate surface area is 110 Å². The predicted octanol–water partition coefficient (Wildman–Crippen LogP) is 3.84. The minimum absolute atomic E-state index is 0.00524. The van der Waals surface area contributed by atoms with Crippen molar-refractivity contribution in [3.63, 3.8) is 0 Å². The summed E-state index contributed by atoms with van der Waals surface area (Å²) in [4.78, 5) is 1.18. The summed E-state index contributed by atoms with van der Waals surface area (Å²) in [5.41, 5.74) is -0.598. The minimum atomic E-state index is -0.593. The molecule has 0 aliphatic carbocycles. The van der Waals surface area contributed by atoms with E-state index in [-0.39, 0.29) is 5.41 Å². The minimum Gasteiger partial charge on any atom is -0.388 e. The normalized spacial score (nSPS) is 29.2. The molecular weight excluding hydrogens is 260 g/mol. The van der Waals surface area contributed by atoms with Gasteiger partial charge in [-0.05, 0) is 29.7 Å². The van der Waals surface area contributed by atoms with Gasteiger partial charge in [-0.25, -0.2) is 0 Å². The van der Waals surface area contributed by atoms with Crippen LogP contribution in [0.4, 0.5) is 0 Å². The SMILES string of the molecule is CC1(C)CCSCC1(O)Cc1ccc(Cl)s1. The lowest BCUT2D eigenvalue weighted by molar-refractivity contribution is -0.0507. The number of rotatable bonds is 2. The Balaban J connectivity index is 2.17. The van der Waals surface area contributed by atoms with E-state index >= 15 is 0 Å². The van der Waals surface area contributed by atoms with E-state index < -0.39 is 5.60 Å². The summed E-state index contributed by atoms with van der Waals surface area (Å²) in [6, 6.07) is 3.94. The third kappa shape index (κ3) is 2.42. The molecule has 2 rings (SSSR count). The van der Waals surface area contributed by atoms with Crippen LogP contribution in [0.2, 0.25) is 4.34 Å². The lowest BCUT2D eigenvalue weighted by Crippen LogP contribution is -2.51. The summed E-state index contributed by atoms with van der Waals surface area (Å²) < 4.78 is 0.805. The van der Waals surface area contributed by atoms with Gasteiger partial charge in [-0.1, -0.05) is 25.4 Å². The molecular formula is C12H17ClOS2. The van der Waals surface area contributed by atoms with Crippen LogP contribution >= 0.6 is 34.7 Å². The highest BCUT2D eigenvalue weighted by Gasteiger charge is 2.45. The summed E-state index contributed by atoms with van der Waals surface area (Å²) >= 11 is 9.35. The molecule has 1 atom stereocenters. The molecule has 4 heteroatoms. The number of thioether (sulfide) groups is 1. The zero-order chi connectivity index (χ0) is 11.8. The van der Waals surface area contributed by atoms with E-state index in [0.29, 0.717) is 0 Å². The molecule has 1 saturated heterocycles. The first-order chi connectivity index (χ1) is 7.43. The van der Waals surface area contributed by atoms with E-state index in [0.717, 1.165) is 28.7 Å². The molecule has 1 aliphatic heterocycles. The Hall–Kier alpha value is 0.300. The molecule has 1 nitrogen and oxygen atoms in total. The van der Waals surface area contributed by atoms with Gasteiger partial charge in [0.05, 0.1) is 9.94 Å². The van der Waals surface area contributed by atoms with Gasteiger partial charge in [-0.15, -0.1) is 11.3 Å². The van der Waals surface area contributed by atoms with Crippen molar-refractivity contribution in [1.82, 2.24) is 0 Å². The van der Waals surface area contributed by atoms with Crippen molar-refractivity contribution in [3.8, 4) is 0 Å². The second-order valence-electron chi connectivity index (χ2n) is 5.10. The third-order valence-electron chi connectivity index (χ3n) is 3.57. The van der Waals surface area contributed by atoms with Gasteiger partial charge in [0.2, 0.25) is 0 Å². The zero-order valence-corrected chi connectivity index (χ0v) is 12.0. The topological polar surface area (TPSA) is 20.2 Å². The van der Waals surface area contributed by atoms with E-state index in [2.05, 4.69) is 13.8 Å². The van der Waals surface area contributed by atoms with Crippen LogP contribution in [0.15, 0.2) is 12.1 Å². The van der Waals surface area contributed by atoms with Gasteiger partial charge in [0.15, 0.2) is 0 Å². The van der Waals surface area contributed by atoms with Crippen molar-refractivity contribution in [2.45, 2.75) is 32.3 Å². The molecule has 16 heavy (non-hydrogen) atoms. The Morgan fingerprint density at radius 3 is 2.75 bits per heavy atom. The quantitative estimate of drug-likeness (QED) is 0.886. The molecule has 0 amide bonds. The Kier molecular flexibility index (Phi) is 3.60. The fraction of sp³-hybridized carbons (Fsp3) is 0.667. The van der Waals surface area contributed by atoms with Crippen molar-refractivity contribution in [3.05, 3.63) is 21.3 Å². The number of hydrogen-bond donors (Lipinski definition) is 1. The van der Waals surface area contributed by atoms with Gasteiger partial charge in [0.25, 0.3) is 0 Å². The predicted molar refractivity (Wildman–Crippen MR) is 73.7 cm³/mol. The highest BCUT2D eigenvalue weighted by Crippen LogP contribution is 2.44. The van der Waals surface area contributed by atoms with Gasteiger partial charge in [0, 0.05) is 17.1 Å². The van der Waals surface area contributed by atoms with E-state index in [9.17, 15) is 5.11 Å². The van der Waals surface area contributed by atoms with E-state index in [1.165, 1.54) is 4.88 Å². The van der Waals surface area contributed by atoms with Crippen LogP contribution in [-0.2, 0) is 6.42 Å². The fourth-order valence-corrected chi connectivity index (χ4v) is 4.85. The largest absolute Gasteiger partial charge is 0.388 e. The molecule has 0 aromatic carbocycles. The molecule has 0 radical (unpaired) electrons. The molecule has 0 bridgehead atoms. The van der Waals surface area contributed by atoms with Crippen LogP contribution in [0.25, 0.3) is 0 Å². The Bertz CT molecular complexity index is 375. The summed E-state index contributed by atoms with van der Waals surface area (Å²) in [5.74, 6) is 1.98. The Morgan fingerprint density at radius 1 is 1.44 bits per heavy atom. The molecule has 2 heterocycles. The van der Waals surface area contributed by atoms with Crippen LogP contribution in [0.1, 0.15) is 25.1 Å². The monoisotopic (exact) mass is 276 g/mol.